The molecule has 0 saturated carbocycles. The summed E-state index contributed by atoms with van der Waals surface area (Å²) in [5.41, 5.74) is 3.62. The number of aryl methyl sites for hydroxylation is 2. The van der Waals surface area contributed by atoms with Gasteiger partial charge in [0.25, 0.3) is 5.91 Å². The van der Waals surface area contributed by atoms with Crippen molar-refractivity contribution in [3.63, 3.8) is 0 Å². The average molecular weight is 435 g/mol. The molecule has 5 nitrogen and oxygen atoms in total. The molecular formula is C22H27ClN2O3S. The van der Waals surface area contributed by atoms with Crippen LogP contribution in [0, 0.1) is 13.8 Å². The first-order valence-corrected chi connectivity index (χ1v) is 11.7. The summed E-state index contributed by atoms with van der Waals surface area (Å²) in [5, 5.41) is 3.08. The molecule has 1 amide bonds. The van der Waals surface area contributed by atoms with Crippen molar-refractivity contribution in [2.45, 2.75) is 51.0 Å². The fourth-order valence-electron chi connectivity index (χ4n) is 3.48. The van der Waals surface area contributed by atoms with Gasteiger partial charge in [0.1, 0.15) is 4.90 Å². The normalized spacial score (nSPS) is 16.4. The maximum absolute atomic E-state index is 13.0. The molecule has 2 aromatic carbocycles. The van der Waals surface area contributed by atoms with Gasteiger partial charge in [-0.3, -0.25) is 4.79 Å². The van der Waals surface area contributed by atoms with Gasteiger partial charge >= 0.3 is 0 Å². The van der Waals surface area contributed by atoms with Crippen molar-refractivity contribution in [3.05, 3.63) is 63.7 Å². The van der Waals surface area contributed by atoms with Gasteiger partial charge in [-0.15, -0.1) is 0 Å². The maximum Gasteiger partial charge on any atom is 0.251 e. The molecule has 1 N–H and O–H groups in total. The number of amides is 1. The van der Waals surface area contributed by atoms with Gasteiger partial charge in [0, 0.05) is 18.7 Å². The Hall–Kier alpha value is -1.89. The second-order valence-electron chi connectivity index (χ2n) is 7.65. The van der Waals surface area contributed by atoms with E-state index in [1.54, 1.807) is 6.07 Å². The molecular weight excluding hydrogens is 408 g/mol. The van der Waals surface area contributed by atoms with Crippen molar-refractivity contribution in [1.29, 1.82) is 0 Å². The largest absolute Gasteiger partial charge is 0.346 e. The Kier molecular flexibility index (Phi) is 6.66. The zero-order valence-electron chi connectivity index (χ0n) is 17.0. The molecule has 3 rings (SSSR count). The van der Waals surface area contributed by atoms with Gasteiger partial charge in [-0.1, -0.05) is 36.2 Å². The summed E-state index contributed by atoms with van der Waals surface area (Å²) in [6.45, 7) is 6.95. The first-order chi connectivity index (χ1) is 13.7. The monoisotopic (exact) mass is 434 g/mol. The van der Waals surface area contributed by atoms with Crippen LogP contribution >= 0.6 is 11.6 Å². The molecule has 0 radical (unpaired) electrons. The van der Waals surface area contributed by atoms with Crippen LogP contribution in [0.4, 0.5) is 0 Å². The summed E-state index contributed by atoms with van der Waals surface area (Å²) in [6.07, 6.45) is 2.70. The van der Waals surface area contributed by atoms with Gasteiger partial charge in [0.2, 0.25) is 10.0 Å². The van der Waals surface area contributed by atoms with Gasteiger partial charge < -0.3 is 5.32 Å². The Balaban J connectivity index is 1.82. The van der Waals surface area contributed by atoms with E-state index in [1.165, 1.54) is 22.0 Å². The molecule has 1 saturated heterocycles. The minimum absolute atomic E-state index is 0.00690. The Morgan fingerprint density at radius 1 is 1.03 bits per heavy atom. The van der Waals surface area contributed by atoms with E-state index in [9.17, 15) is 13.2 Å². The first kappa shape index (κ1) is 21.8. The molecule has 0 bridgehead atoms. The van der Waals surface area contributed by atoms with Crippen LogP contribution in [0.2, 0.25) is 5.02 Å². The molecule has 0 unspecified atom stereocenters. The van der Waals surface area contributed by atoms with Gasteiger partial charge in [0.05, 0.1) is 11.1 Å². The highest BCUT2D eigenvalue weighted by molar-refractivity contribution is 7.89. The predicted octanol–water partition coefficient (Wildman–Crippen LogP) is 4.62. The zero-order chi connectivity index (χ0) is 21.2. The third kappa shape index (κ3) is 4.82. The molecule has 0 aromatic heterocycles. The molecule has 1 aliphatic rings. The Bertz CT molecular complexity index is 1010. The highest BCUT2D eigenvalue weighted by Gasteiger charge is 2.29. The predicted molar refractivity (Wildman–Crippen MR) is 116 cm³/mol. The molecule has 1 heterocycles. The van der Waals surface area contributed by atoms with Crippen molar-refractivity contribution in [3.8, 4) is 0 Å². The van der Waals surface area contributed by atoms with Crippen LogP contribution in [0.15, 0.2) is 41.3 Å². The summed E-state index contributed by atoms with van der Waals surface area (Å²) >= 11 is 6.20. The second-order valence-corrected chi connectivity index (χ2v) is 9.96. The first-order valence-electron chi connectivity index (χ1n) is 9.88. The number of hydrogen-bond acceptors (Lipinski definition) is 3. The van der Waals surface area contributed by atoms with Gasteiger partial charge in [0.15, 0.2) is 0 Å². The number of nitrogens with one attached hydrogen (secondary N) is 1. The molecule has 1 aliphatic heterocycles. The Morgan fingerprint density at radius 2 is 1.72 bits per heavy atom. The highest BCUT2D eigenvalue weighted by Crippen LogP contribution is 2.28. The van der Waals surface area contributed by atoms with Crippen LogP contribution in [0.3, 0.4) is 0 Å². The van der Waals surface area contributed by atoms with Crippen LogP contribution in [-0.4, -0.2) is 31.7 Å². The number of nitrogens with zero attached hydrogens (tertiary/aromatic N) is 1. The summed E-state index contributed by atoms with van der Waals surface area (Å²) in [6, 6.07) is 10.3. The fourth-order valence-corrected chi connectivity index (χ4v) is 5.50. The molecule has 7 heteroatoms. The van der Waals surface area contributed by atoms with Crippen molar-refractivity contribution in [2.24, 2.45) is 0 Å². The van der Waals surface area contributed by atoms with Crippen LogP contribution in [0.25, 0.3) is 0 Å². The molecule has 1 atom stereocenters. The highest BCUT2D eigenvalue weighted by atomic mass is 35.5. The van der Waals surface area contributed by atoms with E-state index in [1.807, 2.05) is 39.0 Å². The summed E-state index contributed by atoms with van der Waals surface area (Å²) < 4.78 is 27.5. The molecule has 0 spiro atoms. The van der Waals surface area contributed by atoms with Crippen LogP contribution in [0.5, 0.6) is 0 Å². The minimum atomic E-state index is -3.72. The summed E-state index contributed by atoms with van der Waals surface area (Å²) in [7, 11) is -3.72. The number of hydrogen-bond donors (Lipinski definition) is 1. The van der Waals surface area contributed by atoms with Crippen LogP contribution < -0.4 is 5.32 Å². The third-order valence-electron chi connectivity index (χ3n) is 5.50. The quantitative estimate of drug-likeness (QED) is 0.746. The second kappa shape index (κ2) is 8.86. The zero-order valence-corrected chi connectivity index (χ0v) is 18.6. The van der Waals surface area contributed by atoms with Crippen molar-refractivity contribution in [2.75, 3.05) is 13.1 Å². The van der Waals surface area contributed by atoms with E-state index in [4.69, 9.17) is 11.6 Å². The van der Waals surface area contributed by atoms with Crippen molar-refractivity contribution < 1.29 is 13.2 Å². The van der Waals surface area contributed by atoms with E-state index in [0.717, 1.165) is 30.4 Å². The standard InChI is InChI=1S/C22H27ClN2O3S/c1-15-7-8-18(13-16(15)2)17(3)24-22(26)19-9-10-20(23)21(14-19)29(27,28)25-11-5-4-6-12-25/h7-10,13-14,17H,4-6,11-12H2,1-3H3,(H,24,26)/t17-/m1/s1. The number of rotatable bonds is 5. The minimum Gasteiger partial charge on any atom is -0.346 e. The van der Waals surface area contributed by atoms with Gasteiger partial charge in [-0.25, -0.2) is 8.42 Å². The number of benzene rings is 2. The van der Waals surface area contributed by atoms with Crippen LogP contribution in [0.1, 0.15) is 59.3 Å². The maximum atomic E-state index is 13.0. The van der Waals surface area contributed by atoms with Crippen molar-refractivity contribution in [1.82, 2.24) is 9.62 Å². The smallest absolute Gasteiger partial charge is 0.251 e. The van der Waals surface area contributed by atoms with E-state index in [0.29, 0.717) is 13.1 Å². The molecule has 29 heavy (non-hydrogen) atoms. The van der Waals surface area contributed by atoms with Gasteiger partial charge in [-0.05, 0) is 68.5 Å². The summed E-state index contributed by atoms with van der Waals surface area (Å²) in [4.78, 5) is 12.8. The average Bonchev–Trinajstić information content (AvgIpc) is 2.70. The number of halogens is 1. The third-order valence-corrected chi connectivity index (χ3v) is 7.89. The molecule has 0 aliphatic carbocycles. The number of carbonyl (C=O) groups is 1. The van der Waals surface area contributed by atoms with Crippen LogP contribution in [-0.2, 0) is 10.0 Å². The van der Waals surface area contributed by atoms with Crippen molar-refractivity contribution >= 4 is 27.5 Å². The topological polar surface area (TPSA) is 66.5 Å². The number of sulfonamides is 1. The van der Waals surface area contributed by atoms with E-state index in [2.05, 4.69) is 5.32 Å². The Morgan fingerprint density at radius 3 is 2.38 bits per heavy atom. The van der Waals surface area contributed by atoms with E-state index >= 15 is 0 Å². The molecule has 2 aromatic rings. The van der Waals surface area contributed by atoms with E-state index in [-0.39, 0.29) is 27.4 Å². The Labute approximate surface area is 178 Å². The van der Waals surface area contributed by atoms with Gasteiger partial charge in [-0.2, -0.15) is 4.31 Å². The number of carbonyl (C=O) groups excluding carboxylic acids is 1. The SMILES string of the molecule is Cc1ccc([C@@H](C)NC(=O)c2ccc(Cl)c(S(=O)(=O)N3CCCCC3)c2)cc1C. The lowest BCUT2D eigenvalue weighted by atomic mass is 10.0. The fraction of sp³-hybridized carbons (Fsp3) is 0.409. The lowest BCUT2D eigenvalue weighted by Crippen LogP contribution is -2.36. The lowest BCUT2D eigenvalue weighted by Gasteiger charge is -2.26. The molecule has 1 fully saturated rings. The van der Waals surface area contributed by atoms with E-state index < -0.39 is 10.0 Å². The summed E-state index contributed by atoms with van der Waals surface area (Å²) in [5.74, 6) is -0.331. The molecule has 156 valence electrons. The number of piperidine rings is 1. The lowest BCUT2D eigenvalue weighted by molar-refractivity contribution is 0.0939.